The molecule has 3 rings (SSSR count). The van der Waals surface area contributed by atoms with Gasteiger partial charge in [0.2, 0.25) is 5.89 Å². The average molecular weight is 359 g/mol. The Labute approximate surface area is 145 Å². The number of hydrogen-bond donors (Lipinski definition) is 1. The molecule has 8 heteroatoms. The molecule has 1 aliphatic carbocycles. The fourth-order valence-electron chi connectivity index (χ4n) is 3.07. The molecule has 1 aromatic carbocycles. The van der Waals surface area contributed by atoms with E-state index in [1.54, 1.807) is 0 Å². The quantitative estimate of drug-likeness (QED) is 0.859. The molecule has 2 aromatic rings. The van der Waals surface area contributed by atoms with Crippen molar-refractivity contribution in [3.05, 3.63) is 47.1 Å². The van der Waals surface area contributed by atoms with E-state index in [-0.39, 0.29) is 19.0 Å². The second-order valence-electron chi connectivity index (χ2n) is 5.89. The third-order valence-corrected chi connectivity index (χ3v) is 4.26. The summed E-state index contributed by atoms with van der Waals surface area (Å²) in [6, 6.07) is 4.04. The van der Waals surface area contributed by atoms with Gasteiger partial charge >= 0.3 is 0 Å². The van der Waals surface area contributed by atoms with E-state index in [0.29, 0.717) is 36.4 Å². The summed E-state index contributed by atoms with van der Waals surface area (Å²) in [4.78, 5) is 6.35. The molecule has 0 saturated heterocycles. The third kappa shape index (κ3) is 4.49. The van der Waals surface area contributed by atoms with Crippen LogP contribution in [0.15, 0.2) is 22.7 Å². The molecule has 0 amide bonds. The van der Waals surface area contributed by atoms with Crippen molar-refractivity contribution in [1.82, 2.24) is 15.0 Å². The highest BCUT2D eigenvalue weighted by atomic mass is 35.5. The lowest BCUT2D eigenvalue weighted by Crippen LogP contribution is -2.33. The predicted molar refractivity (Wildman–Crippen MR) is 87.3 cm³/mol. The van der Waals surface area contributed by atoms with E-state index in [2.05, 4.69) is 15.0 Å². The minimum Gasteiger partial charge on any atom is -0.338 e. The zero-order chi connectivity index (χ0) is 16.2. The molecule has 2 N–H and O–H groups in total. The molecule has 0 aliphatic heterocycles. The van der Waals surface area contributed by atoms with E-state index in [1.165, 1.54) is 12.1 Å². The van der Waals surface area contributed by atoms with Crippen LogP contribution in [0.1, 0.15) is 43.0 Å². The Morgan fingerprint density at radius 2 is 1.96 bits per heavy atom. The second kappa shape index (κ2) is 8.50. The third-order valence-electron chi connectivity index (χ3n) is 4.26. The van der Waals surface area contributed by atoms with Gasteiger partial charge in [0, 0.05) is 24.2 Å². The zero-order valence-electron chi connectivity index (χ0n) is 13.3. The Bertz CT molecular complexity index is 661. The summed E-state index contributed by atoms with van der Waals surface area (Å²) in [6.07, 6.45) is 4.44. The summed E-state index contributed by atoms with van der Waals surface area (Å²) in [5, 5.41) is 3.91. The Balaban J connectivity index is 0.00000208. The van der Waals surface area contributed by atoms with E-state index in [0.717, 1.165) is 31.7 Å². The number of hydrogen-bond acceptors (Lipinski definition) is 5. The maximum Gasteiger partial charge on any atom is 0.240 e. The second-order valence-corrected chi connectivity index (χ2v) is 5.89. The van der Waals surface area contributed by atoms with Crippen LogP contribution in [0.25, 0.3) is 0 Å². The maximum absolute atomic E-state index is 14.0. The van der Waals surface area contributed by atoms with Gasteiger partial charge in [-0.2, -0.15) is 4.98 Å². The molecule has 5 nitrogen and oxygen atoms in total. The van der Waals surface area contributed by atoms with E-state index < -0.39 is 11.6 Å². The molecule has 0 bridgehead atoms. The predicted octanol–water partition coefficient (Wildman–Crippen LogP) is 3.17. The molecule has 1 aromatic heterocycles. The van der Waals surface area contributed by atoms with Crippen molar-refractivity contribution in [2.45, 2.75) is 51.4 Å². The van der Waals surface area contributed by atoms with Gasteiger partial charge in [0.15, 0.2) is 5.82 Å². The first-order valence-corrected chi connectivity index (χ1v) is 7.85. The van der Waals surface area contributed by atoms with Crippen molar-refractivity contribution < 1.29 is 13.3 Å². The molecular weight excluding hydrogens is 338 g/mol. The Kier molecular flexibility index (Phi) is 6.65. The van der Waals surface area contributed by atoms with Crippen LogP contribution in [-0.4, -0.2) is 21.1 Å². The van der Waals surface area contributed by atoms with Crippen LogP contribution in [-0.2, 0) is 19.6 Å². The molecule has 1 saturated carbocycles. The molecule has 1 fully saturated rings. The van der Waals surface area contributed by atoms with Crippen molar-refractivity contribution >= 4 is 12.4 Å². The molecule has 24 heavy (non-hydrogen) atoms. The molecule has 0 radical (unpaired) electrons. The molecule has 132 valence electrons. The highest BCUT2D eigenvalue weighted by Gasteiger charge is 2.25. The maximum atomic E-state index is 14.0. The van der Waals surface area contributed by atoms with Crippen LogP contribution in [0.4, 0.5) is 8.78 Å². The smallest absolute Gasteiger partial charge is 0.240 e. The van der Waals surface area contributed by atoms with Gasteiger partial charge < -0.3 is 10.3 Å². The van der Waals surface area contributed by atoms with Gasteiger partial charge in [0.25, 0.3) is 0 Å². The van der Waals surface area contributed by atoms with Crippen LogP contribution < -0.4 is 5.73 Å². The molecule has 1 heterocycles. The van der Waals surface area contributed by atoms with E-state index in [4.69, 9.17) is 10.3 Å². The number of benzene rings is 1. The lowest BCUT2D eigenvalue weighted by molar-refractivity contribution is 0.171. The normalized spacial score (nSPS) is 15.0. The molecule has 1 aliphatic rings. The van der Waals surface area contributed by atoms with E-state index >= 15 is 0 Å². The fraction of sp³-hybridized carbons (Fsp3) is 0.500. The summed E-state index contributed by atoms with van der Waals surface area (Å²) in [5.41, 5.74) is 5.95. The lowest BCUT2D eigenvalue weighted by atomic mass is 10.1. The summed E-state index contributed by atoms with van der Waals surface area (Å²) in [7, 11) is 0. The summed E-state index contributed by atoms with van der Waals surface area (Å²) >= 11 is 0. The van der Waals surface area contributed by atoms with Crippen LogP contribution in [0.5, 0.6) is 0 Å². The van der Waals surface area contributed by atoms with Gasteiger partial charge in [-0.3, -0.25) is 4.90 Å². The van der Waals surface area contributed by atoms with E-state index in [9.17, 15) is 8.78 Å². The standard InChI is InChI=1S/C16H20F2N4O.ClH/c17-12-6-5-11(14(18)7-12)9-22(13-3-1-2-4-13)10-15-20-16(8-19)23-21-15;/h5-7,13H,1-4,8-10,19H2;1H. The first-order valence-electron chi connectivity index (χ1n) is 7.85. The number of rotatable bonds is 6. The summed E-state index contributed by atoms with van der Waals surface area (Å²) in [6.45, 7) is 1.05. The first kappa shape index (κ1) is 18.8. The highest BCUT2D eigenvalue weighted by molar-refractivity contribution is 5.85. The summed E-state index contributed by atoms with van der Waals surface area (Å²) < 4.78 is 32.1. The number of halogens is 3. The number of aromatic nitrogens is 2. The van der Waals surface area contributed by atoms with Gasteiger partial charge in [-0.25, -0.2) is 8.78 Å². The minimum atomic E-state index is -0.565. The molecule has 0 unspecified atom stereocenters. The lowest BCUT2D eigenvalue weighted by Gasteiger charge is -2.27. The van der Waals surface area contributed by atoms with Gasteiger partial charge in [0.1, 0.15) is 11.6 Å². The van der Waals surface area contributed by atoms with Crippen molar-refractivity contribution in [2.24, 2.45) is 5.73 Å². The highest BCUT2D eigenvalue weighted by Crippen LogP contribution is 2.26. The Hall–Kier alpha value is -1.57. The molecule has 0 atom stereocenters. The van der Waals surface area contributed by atoms with Gasteiger partial charge in [-0.1, -0.05) is 24.1 Å². The SMILES string of the molecule is Cl.NCc1nc(CN(Cc2ccc(F)cc2F)C2CCCC2)no1. The summed E-state index contributed by atoms with van der Waals surface area (Å²) in [5.74, 6) is -0.160. The molecular formula is C16H21ClF2N4O. The van der Waals surface area contributed by atoms with Gasteiger partial charge in [0.05, 0.1) is 13.1 Å². The van der Waals surface area contributed by atoms with Crippen molar-refractivity contribution in [1.29, 1.82) is 0 Å². The van der Waals surface area contributed by atoms with Gasteiger partial charge in [-0.05, 0) is 18.9 Å². The van der Waals surface area contributed by atoms with E-state index in [1.807, 2.05) is 0 Å². The van der Waals surface area contributed by atoms with Crippen molar-refractivity contribution in [3.8, 4) is 0 Å². The van der Waals surface area contributed by atoms with Crippen molar-refractivity contribution in [3.63, 3.8) is 0 Å². The van der Waals surface area contributed by atoms with Crippen molar-refractivity contribution in [2.75, 3.05) is 0 Å². The Morgan fingerprint density at radius 1 is 1.21 bits per heavy atom. The number of nitrogens with two attached hydrogens (primary N) is 1. The average Bonchev–Trinajstić information content (AvgIpc) is 3.20. The van der Waals surface area contributed by atoms with Crippen LogP contribution in [0.3, 0.4) is 0 Å². The topological polar surface area (TPSA) is 68.2 Å². The van der Waals surface area contributed by atoms with Crippen LogP contribution in [0.2, 0.25) is 0 Å². The monoisotopic (exact) mass is 358 g/mol. The number of nitrogens with zero attached hydrogens (tertiary/aromatic N) is 3. The minimum absolute atomic E-state index is 0. The largest absolute Gasteiger partial charge is 0.338 e. The zero-order valence-corrected chi connectivity index (χ0v) is 14.1. The van der Waals surface area contributed by atoms with Crippen LogP contribution >= 0.6 is 12.4 Å². The van der Waals surface area contributed by atoms with Crippen LogP contribution in [0, 0.1) is 11.6 Å². The Morgan fingerprint density at radius 3 is 2.58 bits per heavy atom. The molecule has 0 spiro atoms. The first-order chi connectivity index (χ1) is 11.2. The fourth-order valence-corrected chi connectivity index (χ4v) is 3.07. The van der Waals surface area contributed by atoms with Gasteiger partial charge in [-0.15, -0.1) is 12.4 Å².